The van der Waals surface area contributed by atoms with E-state index < -0.39 is 27.8 Å². The average Bonchev–Trinajstić information content (AvgIpc) is 2.68. The van der Waals surface area contributed by atoms with E-state index in [-0.39, 0.29) is 6.42 Å². The molecule has 0 aliphatic rings. The highest BCUT2D eigenvalue weighted by Crippen LogP contribution is 2.21. The maximum atomic E-state index is 11.2. The maximum absolute atomic E-state index is 11.2. The van der Waals surface area contributed by atoms with Crippen molar-refractivity contribution in [3.8, 4) is 0 Å². The number of carbonyl (C=O) groups is 1. The molecule has 0 spiro atoms. The predicted octanol–water partition coefficient (Wildman–Crippen LogP) is -1.26. The zero-order valence-corrected chi connectivity index (χ0v) is 9.27. The quantitative estimate of drug-likeness (QED) is 0.476. The fraction of sp³-hybridized carbons (Fsp3) is 0.571. The summed E-state index contributed by atoms with van der Waals surface area (Å²) < 4.78 is 18.9. The Labute approximate surface area is 93.5 Å². The normalized spacial score (nSPS) is 18.7. The Bertz CT molecular complexity index is 395. The predicted molar refractivity (Wildman–Crippen MR) is 54.9 cm³/mol. The molecule has 1 rings (SSSR count). The van der Waals surface area contributed by atoms with Crippen LogP contribution in [0.2, 0.25) is 0 Å². The topological polar surface area (TPSA) is 142 Å². The number of aromatic nitrogens is 3. The molecule has 8 nitrogen and oxygen atoms in total. The molecule has 3 atom stereocenters. The molecule has 0 saturated heterocycles. The van der Waals surface area contributed by atoms with Gasteiger partial charge in [-0.3, -0.25) is 4.79 Å². The molecule has 5 N–H and O–H groups in total. The molecular formula is C7H12N4O4S. The van der Waals surface area contributed by atoms with Crippen molar-refractivity contribution in [2.45, 2.75) is 24.1 Å². The first-order chi connectivity index (χ1) is 7.38. The second kappa shape index (κ2) is 4.68. The van der Waals surface area contributed by atoms with Crippen LogP contribution in [0.4, 0.5) is 0 Å². The molecular weight excluding hydrogens is 236 g/mol. The fourth-order valence-electron chi connectivity index (χ4n) is 1.21. The summed E-state index contributed by atoms with van der Waals surface area (Å²) in [6, 6.07) is -1.46. The molecule has 1 unspecified atom stereocenters. The van der Waals surface area contributed by atoms with Gasteiger partial charge in [0.1, 0.15) is 10.8 Å². The van der Waals surface area contributed by atoms with Gasteiger partial charge in [-0.15, -0.1) is 0 Å². The lowest BCUT2D eigenvalue weighted by Gasteiger charge is -2.28. The van der Waals surface area contributed by atoms with E-state index >= 15 is 0 Å². The van der Waals surface area contributed by atoms with E-state index in [0.29, 0.717) is 5.69 Å². The second-order valence-electron chi connectivity index (χ2n) is 3.52. The minimum Gasteiger partial charge on any atom is -0.480 e. The van der Waals surface area contributed by atoms with Crippen molar-refractivity contribution in [3.05, 3.63) is 11.9 Å². The number of H-pyrrole nitrogens is 1. The summed E-state index contributed by atoms with van der Waals surface area (Å²) >= 11 is -2.39. The van der Waals surface area contributed by atoms with Gasteiger partial charge < -0.3 is 15.4 Å². The number of hydrogen-bond donors (Lipinski definition) is 4. The second-order valence-corrected chi connectivity index (χ2v) is 4.95. The summed E-state index contributed by atoms with van der Waals surface area (Å²) in [5, 5.41) is 18.3. The van der Waals surface area contributed by atoms with Gasteiger partial charge in [-0.2, -0.15) is 15.4 Å². The van der Waals surface area contributed by atoms with Crippen LogP contribution in [0.5, 0.6) is 0 Å². The molecule has 0 radical (unpaired) electrons. The van der Waals surface area contributed by atoms with Gasteiger partial charge in [-0.25, -0.2) is 4.21 Å². The SMILES string of the molecule is C[C@](Cc1cn[nH]n1)([C@@H](N)C(=O)O)S(=O)O. The minimum atomic E-state index is -2.39. The van der Waals surface area contributed by atoms with Gasteiger partial charge in [0.25, 0.3) is 0 Å². The monoisotopic (exact) mass is 248 g/mol. The molecule has 1 aromatic rings. The summed E-state index contributed by atoms with van der Waals surface area (Å²) in [4.78, 5) is 10.8. The Morgan fingerprint density at radius 1 is 1.81 bits per heavy atom. The molecule has 0 aliphatic carbocycles. The number of carboxylic acid groups (broad SMARTS) is 1. The van der Waals surface area contributed by atoms with Crippen molar-refractivity contribution in [3.63, 3.8) is 0 Å². The molecule has 0 aromatic carbocycles. The molecule has 0 saturated carbocycles. The number of aliphatic carboxylic acids is 1. The highest BCUT2D eigenvalue weighted by Gasteiger charge is 2.43. The van der Waals surface area contributed by atoms with Crippen molar-refractivity contribution < 1.29 is 18.7 Å². The van der Waals surface area contributed by atoms with Crippen LogP contribution in [0.25, 0.3) is 0 Å². The zero-order valence-electron chi connectivity index (χ0n) is 8.45. The third-order valence-electron chi connectivity index (χ3n) is 2.32. The van der Waals surface area contributed by atoms with E-state index in [2.05, 4.69) is 15.4 Å². The largest absolute Gasteiger partial charge is 0.480 e. The van der Waals surface area contributed by atoms with Crippen LogP contribution in [-0.4, -0.2) is 46.0 Å². The number of nitrogens with two attached hydrogens (primary N) is 1. The van der Waals surface area contributed by atoms with Gasteiger partial charge in [0.2, 0.25) is 0 Å². The van der Waals surface area contributed by atoms with Gasteiger partial charge in [0.05, 0.1) is 11.9 Å². The average molecular weight is 248 g/mol. The van der Waals surface area contributed by atoms with E-state index in [1.165, 1.54) is 13.1 Å². The number of nitrogens with zero attached hydrogens (tertiary/aromatic N) is 2. The van der Waals surface area contributed by atoms with Crippen LogP contribution in [0, 0.1) is 0 Å². The minimum absolute atomic E-state index is 0.0555. The Hall–Kier alpha value is -1.32. The number of hydrogen-bond acceptors (Lipinski definition) is 5. The molecule has 0 aliphatic heterocycles. The van der Waals surface area contributed by atoms with Crippen LogP contribution in [-0.2, 0) is 22.3 Å². The first-order valence-corrected chi connectivity index (χ1v) is 5.42. The highest BCUT2D eigenvalue weighted by molar-refractivity contribution is 7.80. The summed E-state index contributed by atoms with van der Waals surface area (Å²) in [7, 11) is 0. The van der Waals surface area contributed by atoms with Crippen molar-refractivity contribution in [2.75, 3.05) is 0 Å². The third-order valence-corrected chi connectivity index (χ3v) is 3.52. The smallest absolute Gasteiger partial charge is 0.322 e. The van der Waals surface area contributed by atoms with E-state index in [0.717, 1.165) is 0 Å². The van der Waals surface area contributed by atoms with E-state index in [4.69, 9.17) is 15.4 Å². The van der Waals surface area contributed by atoms with E-state index in [1.807, 2.05) is 0 Å². The lowest BCUT2D eigenvalue weighted by atomic mass is 9.96. The van der Waals surface area contributed by atoms with Crippen molar-refractivity contribution >= 4 is 17.0 Å². The third kappa shape index (κ3) is 2.43. The van der Waals surface area contributed by atoms with Crippen molar-refractivity contribution in [1.82, 2.24) is 15.4 Å². The molecule has 90 valence electrons. The molecule has 16 heavy (non-hydrogen) atoms. The van der Waals surface area contributed by atoms with Gasteiger partial charge in [-0.1, -0.05) is 0 Å². The lowest BCUT2D eigenvalue weighted by Crippen LogP contribution is -2.54. The number of aromatic amines is 1. The van der Waals surface area contributed by atoms with Crippen LogP contribution in [0.15, 0.2) is 6.20 Å². The summed E-state index contributed by atoms with van der Waals surface area (Å²) in [6.07, 6.45) is 1.29. The molecule has 0 fully saturated rings. The van der Waals surface area contributed by atoms with Gasteiger partial charge >= 0.3 is 5.97 Å². The summed E-state index contributed by atoms with van der Waals surface area (Å²) in [5.41, 5.74) is 5.78. The molecule has 1 heterocycles. The van der Waals surface area contributed by atoms with E-state index in [9.17, 15) is 9.00 Å². The summed E-state index contributed by atoms with van der Waals surface area (Å²) in [5.74, 6) is -1.34. The van der Waals surface area contributed by atoms with E-state index in [1.54, 1.807) is 0 Å². The molecule has 0 amide bonds. The van der Waals surface area contributed by atoms with Crippen LogP contribution in [0.1, 0.15) is 12.6 Å². The fourth-order valence-corrected chi connectivity index (χ4v) is 1.80. The number of carboxylic acids is 1. The standard InChI is InChI=1S/C7H12N4O4S/c1-7(16(14)15,5(8)6(12)13)2-4-3-9-11-10-4/h3,5H,2,8H2,1H3,(H,12,13)(H,14,15)(H,9,10,11)/t5-,7-/m0/s1. The van der Waals surface area contributed by atoms with Gasteiger partial charge in [-0.05, 0) is 6.92 Å². The Morgan fingerprint density at radius 2 is 2.44 bits per heavy atom. The molecule has 1 aromatic heterocycles. The highest BCUT2D eigenvalue weighted by atomic mass is 32.2. The first-order valence-electron chi connectivity index (χ1n) is 4.32. The number of rotatable bonds is 5. The molecule has 9 heteroatoms. The first kappa shape index (κ1) is 12.7. The lowest BCUT2D eigenvalue weighted by molar-refractivity contribution is -0.139. The summed E-state index contributed by atoms with van der Waals surface area (Å²) in [6.45, 7) is 1.32. The van der Waals surface area contributed by atoms with Gasteiger partial charge in [0, 0.05) is 6.42 Å². The Morgan fingerprint density at radius 3 is 2.81 bits per heavy atom. The van der Waals surface area contributed by atoms with Crippen LogP contribution in [0.3, 0.4) is 0 Å². The van der Waals surface area contributed by atoms with Crippen molar-refractivity contribution in [2.24, 2.45) is 5.73 Å². The zero-order chi connectivity index (χ0) is 12.3. The molecule has 0 bridgehead atoms. The van der Waals surface area contributed by atoms with Gasteiger partial charge in [0.15, 0.2) is 11.1 Å². The van der Waals surface area contributed by atoms with Crippen LogP contribution >= 0.6 is 0 Å². The Balaban J connectivity index is 2.97. The Kier molecular flexibility index (Phi) is 3.73. The van der Waals surface area contributed by atoms with Crippen molar-refractivity contribution in [1.29, 1.82) is 0 Å². The van der Waals surface area contributed by atoms with Crippen LogP contribution < -0.4 is 5.73 Å². The number of nitrogens with one attached hydrogen (secondary N) is 1. The maximum Gasteiger partial charge on any atom is 0.322 e.